The van der Waals surface area contributed by atoms with Crippen LogP contribution < -0.4 is 0 Å². The van der Waals surface area contributed by atoms with E-state index in [4.69, 9.17) is 9.59 Å². The van der Waals surface area contributed by atoms with Gasteiger partial charge in [-0.1, -0.05) is 17.7 Å². The van der Waals surface area contributed by atoms with Crippen molar-refractivity contribution in [3.05, 3.63) is 35.1 Å². The van der Waals surface area contributed by atoms with E-state index in [0.717, 1.165) is 18.4 Å². The summed E-state index contributed by atoms with van der Waals surface area (Å²) in [6, 6.07) is 4.57. The molecule has 98 valence electrons. The maximum atomic E-state index is 13.3. The van der Waals surface area contributed by atoms with Crippen LogP contribution in [-0.2, 0) is 25.2 Å². The summed E-state index contributed by atoms with van der Waals surface area (Å²) in [4.78, 5) is 16.2. The van der Waals surface area contributed by atoms with Crippen LogP contribution in [-0.4, -0.2) is 19.8 Å². The summed E-state index contributed by atoms with van der Waals surface area (Å²) < 4.78 is 36.6. The van der Waals surface area contributed by atoms with E-state index in [-0.39, 0.29) is 17.2 Å². The van der Waals surface area contributed by atoms with Crippen LogP contribution in [0.4, 0.5) is 4.39 Å². The van der Waals surface area contributed by atoms with Crippen molar-refractivity contribution in [2.24, 2.45) is 0 Å². The molecule has 1 fully saturated rings. The monoisotopic (exact) mass is 272 g/mol. The first kappa shape index (κ1) is 14.5. The number of carbonyl (C=O) groups excluding carboxylic acids is 2. The van der Waals surface area contributed by atoms with E-state index in [9.17, 15) is 12.8 Å². The summed E-state index contributed by atoms with van der Waals surface area (Å²) in [5.74, 6) is -0.588. The maximum absolute atomic E-state index is 13.3. The molecule has 4 nitrogen and oxygen atoms in total. The fraction of sp³-hybridized carbons (Fsp3) is 0.417. The standard InChI is InChI=1S/C11H13FO2S.CO2/c1-8-2-5-11(12)9(6-8)7-15(13,14)10-3-4-10;2-1-3/h2,5-6,10H,3-4,7H2,1H3;. The second-order valence-electron chi connectivity index (χ2n) is 4.18. The van der Waals surface area contributed by atoms with Gasteiger partial charge in [0.25, 0.3) is 0 Å². The smallest absolute Gasteiger partial charge is 0.228 e. The highest BCUT2D eigenvalue weighted by Gasteiger charge is 2.35. The lowest BCUT2D eigenvalue weighted by Gasteiger charge is -2.05. The molecule has 0 bridgehead atoms. The van der Waals surface area contributed by atoms with Crippen molar-refractivity contribution in [2.75, 3.05) is 0 Å². The molecule has 0 radical (unpaired) electrons. The Balaban J connectivity index is 0.000000492. The Hall–Kier alpha value is -1.52. The third-order valence-corrected chi connectivity index (χ3v) is 4.79. The highest BCUT2D eigenvalue weighted by atomic mass is 32.2. The maximum Gasteiger partial charge on any atom is 0.373 e. The van der Waals surface area contributed by atoms with Gasteiger partial charge in [0.15, 0.2) is 9.84 Å². The van der Waals surface area contributed by atoms with Crippen LogP contribution in [0, 0.1) is 12.7 Å². The third kappa shape index (κ3) is 4.05. The SMILES string of the molecule is Cc1ccc(F)c(CS(=O)(=O)C2CC2)c1.O=C=O. The zero-order chi connectivity index (χ0) is 13.8. The predicted molar refractivity (Wildman–Crippen MR) is 61.8 cm³/mol. The van der Waals surface area contributed by atoms with Crippen molar-refractivity contribution in [1.82, 2.24) is 0 Å². The molecule has 1 aromatic rings. The summed E-state index contributed by atoms with van der Waals surface area (Å²) in [6.07, 6.45) is 1.71. The van der Waals surface area contributed by atoms with Gasteiger partial charge in [-0.15, -0.1) is 0 Å². The molecule has 0 aliphatic heterocycles. The minimum Gasteiger partial charge on any atom is -0.228 e. The van der Waals surface area contributed by atoms with Crippen LogP contribution in [0.25, 0.3) is 0 Å². The molecule has 1 aliphatic rings. The Morgan fingerprint density at radius 2 is 1.89 bits per heavy atom. The normalized spacial score (nSPS) is 14.3. The minimum absolute atomic E-state index is 0.162. The van der Waals surface area contributed by atoms with Gasteiger partial charge in [-0.3, -0.25) is 0 Å². The van der Waals surface area contributed by atoms with E-state index in [1.165, 1.54) is 6.07 Å². The van der Waals surface area contributed by atoms with Crippen LogP contribution in [0.3, 0.4) is 0 Å². The Labute approximate surface area is 105 Å². The lowest BCUT2D eigenvalue weighted by atomic mass is 10.1. The summed E-state index contributed by atoms with van der Waals surface area (Å²) in [7, 11) is -3.12. The number of benzene rings is 1. The average molecular weight is 272 g/mol. The van der Waals surface area contributed by atoms with E-state index >= 15 is 0 Å². The van der Waals surface area contributed by atoms with Crippen LogP contribution in [0.1, 0.15) is 24.0 Å². The molecule has 0 heterocycles. The molecule has 2 rings (SSSR count). The molecular weight excluding hydrogens is 259 g/mol. The molecule has 0 amide bonds. The lowest BCUT2D eigenvalue weighted by molar-refractivity contribution is -0.191. The minimum atomic E-state index is -3.12. The van der Waals surface area contributed by atoms with Gasteiger partial charge in [0.05, 0.1) is 11.0 Å². The molecule has 0 unspecified atom stereocenters. The van der Waals surface area contributed by atoms with E-state index < -0.39 is 15.7 Å². The molecule has 0 saturated heterocycles. The molecule has 1 aromatic carbocycles. The highest BCUT2D eigenvalue weighted by molar-refractivity contribution is 7.91. The van der Waals surface area contributed by atoms with Crippen molar-refractivity contribution >= 4 is 16.0 Å². The zero-order valence-electron chi connectivity index (χ0n) is 9.85. The number of hydrogen-bond donors (Lipinski definition) is 0. The van der Waals surface area contributed by atoms with E-state index in [0.29, 0.717) is 5.56 Å². The van der Waals surface area contributed by atoms with Crippen molar-refractivity contribution < 1.29 is 22.4 Å². The Morgan fingerprint density at radius 1 is 1.33 bits per heavy atom. The quantitative estimate of drug-likeness (QED) is 0.838. The molecule has 1 saturated carbocycles. The first-order chi connectivity index (χ1) is 8.40. The summed E-state index contributed by atoms with van der Waals surface area (Å²) in [5.41, 5.74) is 1.18. The van der Waals surface area contributed by atoms with Crippen molar-refractivity contribution in [1.29, 1.82) is 0 Å². The van der Waals surface area contributed by atoms with Gasteiger partial charge in [-0.2, -0.15) is 9.59 Å². The predicted octanol–water partition coefficient (Wildman–Crippen LogP) is 1.63. The molecule has 6 heteroatoms. The van der Waals surface area contributed by atoms with Crippen LogP contribution in [0.15, 0.2) is 18.2 Å². The second kappa shape index (κ2) is 5.89. The van der Waals surface area contributed by atoms with Gasteiger partial charge in [-0.25, -0.2) is 12.8 Å². The summed E-state index contributed by atoms with van der Waals surface area (Å²) >= 11 is 0. The van der Waals surface area contributed by atoms with E-state index in [2.05, 4.69) is 0 Å². The average Bonchev–Trinajstić information content (AvgIpc) is 3.08. The fourth-order valence-corrected chi connectivity index (χ4v) is 3.32. The zero-order valence-corrected chi connectivity index (χ0v) is 10.7. The van der Waals surface area contributed by atoms with Crippen LogP contribution in [0.2, 0.25) is 0 Å². The number of hydrogen-bond acceptors (Lipinski definition) is 4. The largest absolute Gasteiger partial charge is 0.373 e. The van der Waals surface area contributed by atoms with Gasteiger partial charge < -0.3 is 0 Å². The lowest BCUT2D eigenvalue weighted by Crippen LogP contribution is -2.11. The first-order valence-electron chi connectivity index (χ1n) is 5.36. The van der Waals surface area contributed by atoms with Gasteiger partial charge in [0.2, 0.25) is 0 Å². The van der Waals surface area contributed by atoms with Crippen molar-refractivity contribution in [3.8, 4) is 0 Å². The van der Waals surface area contributed by atoms with Gasteiger partial charge in [-0.05, 0) is 25.8 Å². The molecule has 0 aromatic heterocycles. The fourth-order valence-electron chi connectivity index (χ4n) is 1.58. The molecule has 1 aliphatic carbocycles. The molecule has 18 heavy (non-hydrogen) atoms. The Bertz CT molecular complexity index is 555. The molecule has 0 spiro atoms. The van der Waals surface area contributed by atoms with E-state index in [1.54, 1.807) is 12.1 Å². The number of aryl methyl sites for hydroxylation is 1. The third-order valence-electron chi connectivity index (χ3n) is 2.59. The number of sulfone groups is 1. The highest BCUT2D eigenvalue weighted by Crippen LogP contribution is 2.31. The van der Waals surface area contributed by atoms with Crippen molar-refractivity contribution in [2.45, 2.75) is 30.8 Å². The molecule has 0 N–H and O–H groups in total. The van der Waals surface area contributed by atoms with Gasteiger partial charge in [0.1, 0.15) is 5.82 Å². The van der Waals surface area contributed by atoms with Crippen molar-refractivity contribution in [3.63, 3.8) is 0 Å². The molecule has 0 atom stereocenters. The number of rotatable bonds is 3. The Kier molecular flexibility index (Phi) is 4.76. The second-order valence-corrected chi connectivity index (χ2v) is 6.47. The van der Waals surface area contributed by atoms with E-state index in [1.807, 2.05) is 6.92 Å². The Morgan fingerprint density at radius 3 is 2.39 bits per heavy atom. The number of halogens is 1. The topological polar surface area (TPSA) is 68.3 Å². The van der Waals surface area contributed by atoms with Gasteiger partial charge >= 0.3 is 6.15 Å². The van der Waals surface area contributed by atoms with Gasteiger partial charge in [0, 0.05) is 5.56 Å². The molecular formula is C12H13FO4S. The van der Waals surface area contributed by atoms with Crippen LogP contribution >= 0.6 is 0 Å². The first-order valence-corrected chi connectivity index (χ1v) is 7.08. The van der Waals surface area contributed by atoms with Crippen LogP contribution in [0.5, 0.6) is 0 Å². The summed E-state index contributed by atoms with van der Waals surface area (Å²) in [6.45, 7) is 1.83. The summed E-state index contributed by atoms with van der Waals surface area (Å²) in [5, 5.41) is -0.225.